The minimum absolute atomic E-state index is 0.260. The fraction of sp³-hybridized carbons (Fsp3) is 0.0714. The Morgan fingerprint density at radius 3 is 2.59 bits per heavy atom. The first-order valence-corrected chi connectivity index (χ1v) is 5.35. The number of hydrogen-bond donors (Lipinski definition) is 1. The van der Waals surface area contributed by atoms with Crippen LogP contribution in [0.3, 0.4) is 0 Å². The summed E-state index contributed by atoms with van der Waals surface area (Å²) in [6, 6.07) is 14.2. The SMILES string of the molecule is Cc1ccc(N/N=C\c2cccc(F)c2)cc1. The van der Waals surface area contributed by atoms with E-state index in [4.69, 9.17) is 0 Å². The van der Waals surface area contributed by atoms with Crippen LogP contribution >= 0.6 is 0 Å². The molecule has 2 nitrogen and oxygen atoms in total. The third-order valence-corrected chi connectivity index (χ3v) is 2.31. The number of halogens is 1. The molecule has 0 heterocycles. The summed E-state index contributed by atoms with van der Waals surface area (Å²) in [4.78, 5) is 0. The molecule has 0 aromatic heterocycles. The van der Waals surface area contributed by atoms with E-state index in [0.29, 0.717) is 0 Å². The van der Waals surface area contributed by atoms with E-state index >= 15 is 0 Å². The second kappa shape index (κ2) is 5.25. The first kappa shape index (κ1) is 11.3. The predicted octanol–water partition coefficient (Wildman–Crippen LogP) is 3.58. The van der Waals surface area contributed by atoms with Crippen LogP contribution in [0.5, 0.6) is 0 Å². The van der Waals surface area contributed by atoms with E-state index in [2.05, 4.69) is 10.5 Å². The summed E-state index contributed by atoms with van der Waals surface area (Å²) in [5.74, 6) is -0.260. The zero-order valence-corrected chi connectivity index (χ0v) is 9.52. The van der Waals surface area contributed by atoms with Gasteiger partial charge in [0.05, 0.1) is 11.9 Å². The van der Waals surface area contributed by atoms with Crippen molar-refractivity contribution in [3.05, 3.63) is 65.5 Å². The van der Waals surface area contributed by atoms with E-state index in [9.17, 15) is 4.39 Å². The maximum atomic E-state index is 12.9. The van der Waals surface area contributed by atoms with Gasteiger partial charge in [0.2, 0.25) is 0 Å². The Kier molecular flexibility index (Phi) is 3.50. The maximum Gasteiger partial charge on any atom is 0.123 e. The second-order valence-electron chi connectivity index (χ2n) is 3.79. The summed E-state index contributed by atoms with van der Waals surface area (Å²) in [6.07, 6.45) is 1.59. The number of nitrogens with one attached hydrogen (secondary N) is 1. The van der Waals surface area contributed by atoms with Gasteiger partial charge >= 0.3 is 0 Å². The number of hydrogen-bond acceptors (Lipinski definition) is 2. The molecule has 0 saturated heterocycles. The van der Waals surface area contributed by atoms with Crippen LogP contribution in [0, 0.1) is 12.7 Å². The minimum Gasteiger partial charge on any atom is -0.279 e. The molecule has 17 heavy (non-hydrogen) atoms. The molecule has 0 amide bonds. The fourth-order valence-corrected chi connectivity index (χ4v) is 1.40. The summed E-state index contributed by atoms with van der Waals surface area (Å²) >= 11 is 0. The highest BCUT2D eigenvalue weighted by atomic mass is 19.1. The van der Waals surface area contributed by atoms with Gasteiger partial charge in [0.1, 0.15) is 5.82 Å². The van der Waals surface area contributed by atoms with Crippen LogP contribution in [-0.2, 0) is 0 Å². The molecule has 1 N–H and O–H groups in total. The summed E-state index contributed by atoms with van der Waals surface area (Å²) in [6.45, 7) is 2.03. The Hall–Kier alpha value is -2.16. The Bertz CT molecular complexity index is 518. The molecule has 0 spiro atoms. The van der Waals surface area contributed by atoms with Gasteiger partial charge in [0.15, 0.2) is 0 Å². The van der Waals surface area contributed by atoms with Crippen LogP contribution in [0.2, 0.25) is 0 Å². The molecule has 0 fully saturated rings. The molecule has 2 rings (SSSR count). The monoisotopic (exact) mass is 228 g/mol. The Morgan fingerprint density at radius 2 is 1.88 bits per heavy atom. The number of aryl methyl sites for hydroxylation is 1. The molecule has 0 atom stereocenters. The van der Waals surface area contributed by atoms with Gasteiger partial charge in [-0.05, 0) is 36.8 Å². The molecule has 2 aromatic rings. The second-order valence-corrected chi connectivity index (χ2v) is 3.79. The molecule has 0 bridgehead atoms. The zero-order chi connectivity index (χ0) is 12.1. The lowest BCUT2D eigenvalue weighted by Crippen LogP contribution is -1.90. The van der Waals surface area contributed by atoms with Gasteiger partial charge in [0, 0.05) is 0 Å². The van der Waals surface area contributed by atoms with Gasteiger partial charge in [-0.15, -0.1) is 0 Å². The highest BCUT2D eigenvalue weighted by Crippen LogP contribution is 2.08. The van der Waals surface area contributed by atoms with Crippen LogP contribution in [-0.4, -0.2) is 6.21 Å². The number of anilines is 1. The number of rotatable bonds is 3. The molecule has 0 radical (unpaired) electrons. The van der Waals surface area contributed by atoms with Crippen molar-refractivity contribution in [2.24, 2.45) is 5.10 Å². The maximum absolute atomic E-state index is 12.9. The van der Waals surface area contributed by atoms with E-state index in [1.165, 1.54) is 17.7 Å². The Labute approximate surface area is 99.8 Å². The van der Waals surface area contributed by atoms with E-state index in [0.717, 1.165) is 11.3 Å². The standard InChI is InChI=1S/C14H13FN2/c1-11-5-7-14(8-6-11)17-16-10-12-3-2-4-13(15)9-12/h2-10,17H,1H3/b16-10-. The summed E-state index contributed by atoms with van der Waals surface area (Å²) in [7, 11) is 0. The predicted molar refractivity (Wildman–Crippen MR) is 68.8 cm³/mol. The highest BCUT2D eigenvalue weighted by molar-refractivity contribution is 5.80. The molecule has 0 unspecified atom stereocenters. The van der Waals surface area contributed by atoms with Gasteiger partial charge < -0.3 is 0 Å². The fourth-order valence-electron chi connectivity index (χ4n) is 1.40. The van der Waals surface area contributed by atoms with Crippen LogP contribution < -0.4 is 5.43 Å². The molecule has 86 valence electrons. The van der Waals surface area contributed by atoms with Crippen molar-refractivity contribution in [2.75, 3.05) is 5.43 Å². The van der Waals surface area contributed by atoms with E-state index in [-0.39, 0.29) is 5.82 Å². The van der Waals surface area contributed by atoms with E-state index in [1.807, 2.05) is 31.2 Å². The van der Waals surface area contributed by atoms with Crippen molar-refractivity contribution in [2.45, 2.75) is 6.92 Å². The molecule has 3 heteroatoms. The van der Waals surface area contributed by atoms with Gasteiger partial charge in [-0.3, -0.25) is 5.43 Å². The van der Waals surface area contributed by atoms with E-state index in [1.54, 1.807) is 18.3 Å². The largest absolute Gasteiger partial charge is 0.279 e. The molecular weight excluding hydrogens is 215 g/mol. The zero-order valence-electron chi connectivity index (χ0n) is 9.52. The third-order valence-electron chi connectivity index (χ3n) is 2.31. The van der Waals surface area contributed by atoms with Gasteiger partial charge in [-0.25, -0.2) is 4.39 Å². The van der Waals surface area contributed by atoms with Crippen molar-refractivity contribution in [3.8, 4) is 0 Å². The minimum atomic E-state index is -0.260. The number of hydrazone groups is 1. The molecular formula is C14H13FN2. The van der Waals surface area contributed by atoms with Crippen molar-refractivity contribution in [1.29, 1.82) is 0 Å². The number of benzene rings is 2. The summed E-state index contributed by atoms with van der Waals surface area (Å²) in [5, 5.41) is 4.04. The van der Waals surface area contributed by atoms with Crippen molar-refractivity contribution in [1.82, 2.24) is 0 Å². The normalized spacial score (nSPS) is 10.7. The lowest BCUT2D eigenvalue weighted by molar-refractivity contribution is 0.627. The third kappa shape index (κ3) is 3.41. The van der Waals surface area contributed by atoms with Crippen LogP contribution in [0.4, 0.5) is 10.1 Å². The average Bonchev–Trinajstić information content (AvgIpc) is 2.32. The van der Waals surface area contributed by atoms with Gasteiger partial charge in [-0.1, -0.05) is 29.8 Å². The lowest BCUT2D eigenvalue weighted by Gasteiger charge is -2.00. The molecule has 0 saturated carbocycles. The Balaban J connectivity index is 2.00. The van der Waals surface area contributed by atoms with Crippen molar-refractivity contribution >= 4 is 11.9 Å². The quantitative estimate of drug-likeness (QED) is 0.630. The van der Waals surface area contributed by atoms with Gasteiger partial charge in [0.25, 0.3) is 0 Å². The van der Waals surface area contributed by atoms with Crippen LogP contribution in [0.15, 0.2) is 53.6 Å². The topological polar surface area (TPSA) is 24.4 Å². The highest BCUT2D eigenvalue weighted by Gasteiger charge is 1.91. The molecule has 0 aliphatic rings. The molecule has 2 aromatic carbocycles. The summed E-state index contributed by atoms with van der Waals surface area (Å²) < 4.78 is 12.9. The van der Waals surface area contributed by atoms with Crippen LogP contribution in [0.25, 0.3) is 0 Å². The van der Waals surface area contributed by atoms with Gasteiger partial charge in [-0.2, -0.15) is 5.10 Å². The first-order valence-electron chi connectivity index (χ1n) is 5.35. The van der Waals surface area contributed by atoms with Crippen LogP contribution in [0.1, 0.15) is 11.1 Å². The van der Waals surface area contributed by atoms with Crippen molar-refractivity contribution in [3.63, 3.8) is 0 Å². The Morgan fingerprint density at radius 1 is 1.12 bits per heavy atom. The molecule has 0 aliphatic heterocycles. The first-order chi connectivity index (χ1) is 8.24. The van der Waals surface area contributed by atoms with E-state index < -0.39 is 0 Å². The summed E-state index contributed by atoms with van der Waals surface area (Å²) in [5.41, 5.74) is 5.72. The lowest BCUT2D eigenvalue weighted by atomic mass is 10.2. The van der Waals surface area contributed by atoms with Crippen molar-refractivity contribution < 1.29 is 4.39 Å². The average molecular weight is 228 g/mol. The number of nitrogens with zero attached hydrogens (tertiary/aromatic N) is 1. The smallest absolute Gasteiger partial charge is 0.123 e. The molecule has 0 aliphatic carbocycles.